The molecule has 0 saturated carbocycles. The lowest BCUT2D eigenvalue weighted by Crippen LogP contribution is -2.49. The van der Waals surface area contributed by atoms with Crippen LogP contribution in [0, 0.1) is 22.7 Å². The van der Waals surface area contributed by atoms with Crippen molar-refractivity contribution in [2.24, 2.45) is 22.7 Å². The van der Waals surface area contributed by atoms with Crippen LogP contribution >= 0.6 is 27.0 Å². The van der Waals surface area contributed by atoms with Crippen molar-refractivity contribution in [3.8, 4) is 0 Å². The maximum atomic E-state index is 13.4. The van der Waals surface area contributed by atoms with E-state index in [1.165, 1.54) is 4.90 Å². The molecule has 14 nitrogen and oxygen atoms in total. The molecule has 5 rings (SSSR count). The van der Waals surface area contributed by atoms with Crippen LogP contribution in [0.3, 0.4) is 0 Å². The van der Waals surface area contributed by atoms with E-state index in [0.717, 1.165) is 5.56 Å². The van der Waals surface area contributed by atoms with E-state index in [0.29, 0.717) is 65.0 Å². The lowest BCUT2D eigenvalue weighted by Gasteiger charge is -2.31. The van der Waals surface area contributed by atoms with Gasteiger partial charge in [0.15, 0.2) is 0 Å². The monoisotopic (exact) mass is 838 g/mol. The number of carbonyl (C=O) groups excluding carboxylic acids is 5. The Bertz CT molecular complexity index is 1600. The van der Waals surface area contributed by atoms with Gasteiger partial charge in [0.05, 0.1) is 10.8 Å². The summed E-state index contributed by atoms with van der Waals surface area (Å²) in [5.41, 5.74) is -1.54. The average Bonchev–Trinajstić information content (AvgIpc) is 3.85. The number of benzene rings is 1. The predicted molar refractivity (Wildman–Crippen MR) is 224 cm³/mol. The van der Waals surface area contributed by atoms with Gasteiger partial charge in [-0.15, -0.1) is 0 Å². The summed E-state index contributed by atoms with van der Waals surface area (Å²) in [6.07, 6.45) is 1.56. The van der Waals surface area contributed by atoms with Gasteiger partial charge in [0.2, 0.25) is 11.8 Å². The fourth-order valence-corrected chi connectivity index (χ4v) is 8.04. The Kier molecular flexibility index (Phi) is 16.8. The number of rotatable bonds is 8. The molecule has 0 radical (unpaired) electrons. The highest BCUT2D eigenvalue weighted by atomic mass is 32.1. The molecule has 322 valence electrons. The smallest absolute Gasteiger partial charge is 0.410 e. The first kappa shape index (κ1) is 49.5. The standard InChI is InChI=1S/C24H34N2O5.C17H28N2O5.2H2S/c1-17(2)19(20(27)30-15-18-9-7-6-8-10-18)26-14-12-24(21(26)28)11-13-25(16-24)22(29)31-23(3,4)5;1-11(2)12(13(20)21)19-9-7-17(14(19)22)6-8-18(10-17)15(23)24-16(3,4)5;;/h6-10,17,19H,11-16H2,1-5H3;11-12H,6-10H2,1-5H3,(H,20,21);2*1H2/t19-,24+;12-,17+;;/m00../s1. The molecule has 4 aliphatic rings. The van der Waals surface area contributed by atoms with E-state index in [1.807, 2.05) is 65.0 Å². The number of carbonyl (C=O) groups is 6. The summed E-state index contributed by atoms with van der Waals surface area (Å²) >= 11 is 0. The Morgan fingerprint density at radius 1 is 0.667 bits per heavy atom. The molecule has 0 aromatic heterocycles. The molecular formula is C41H66N4O10S2. The zero-order valence-corrected chi connectivity index (χ0v) is 37.4. The van der Waals surface area contributed by atoms with Gasteiger partial charge >= 0.3 is 24.1 Å². The molecule has 1 aromatic carbocycles. The molecule has 16 heteroatoms. The normalized spacial score (nSPS) is 22.9. The molecule has 0 unspecified atom stereocenters. The summed E-state index contributed by atoms with van der Waals surface area (Å²) < 4.78 is 16.4. The van der Waals surface area contributed by atoms with Crippen molar-refractivity contribution < 1.29 is 48.1 Å². The zero-order valence-electron chi connectivity index (χ0n) is 35.4. The molecule has 1 aromatic rings. The molecule has 4 heterocycles. The lowest BCUT2D eigenvalue weighted by atomic mass is 9.85. The van der Waals surface area contributed by atoms with E-state index < -0.39 is 52.3 Å². The van der Waals surface area contributed by atoms with Crippen LogP contribution in [0.4, 0.5) is 9.59 Å². The molecular weight excluding hydrogens is 773 g/mol. The summed E-state index contributed by atoms with van der Waals surface area (Å²) in [6, 6.07) is 8.06. The highest BCUT2D eigenvalue weighted by Gasteiger charge is 2.56. The Morgan fingerprint density at radius 3 is 1.42 bits per heavy atom. The van der Waals surface area contributed by atoms with Gasteiger partial charge in [-0.2, -0.15) is 27.0 Å². The predicted octanol–water partition coefficient (Wildman–Crippen LogP) is 5.79. The zero-order chi connectivity index (χ0) is 41.1. The van der Waals surface area contributed by atoms with Crippen LogP contribution in [0.25, 0.3) is 0 Å². The molecule has 4 amide bonds. The number of amides is 4. The van der Waals surface area contributed by atoms with Crippen LogP contribution in [0.15, 0.2) is 30.3 Å². The van der Waals surface area contributed by atoms with Gasteiger partial charge in [0.1, 0.15) is 29.9 Å². The van der Waals surface area contributed by atoms with Crippen LogP contribution in [-0.4, -0.2) is 123 Å². The second-order valence-electron chi connectivity index (χ2n) is 18.2. The Balaban J connectivity index is 0.000000392. The quantitative estimate of drug-likeness (QED) is 0.250. The minimum Gasteiger partial charge on any atom is -0.480 e. The van der Waals surface area contributed by atoms with Crippen molar-refractivity contribution in [2.75, 3.05) is 39.3 Å². The Morgan fingerprint density at radius 2 is 1.05 bits per heavy atom. The minimum atomic E-state index is -0.975. The van der Waals surface area contributed by atoms with E-state index in [4.69, 9.17) is 14.2 Å². The van der Waals surface area contributed by atoms with Gasteiger partial charge in [0.25, 0.3) is 0 Å². The van der Waals surface area contributed by atoms with Crippen molar-refractivity contribution >= 4 is 62.9 Å². The molecule has 4 saturated heterocycles. The fraction of sp³-hybridized carbons (Fsp3) is 0.707. The first-order valence-electron chi connectivity index (χ1n) is 19.5. The highest BCUT2D eigenvalue weighted by molar-refractivity contribution is 7.59. The molecule has 57 heavy (non-hydrogen) atoms. The van der Waals surface area contributed by atoms with Crippen LogP contribution in [0.2, 0.25) is 0 Å². The third kappa shape index (κ3) is 12.0. The number of hydrogen-bond acceptors (Lipinski definition) is 9. The molecule has 2 spiro atoms. The Hall–Kier alpha value is -3.66. The topological polar surface area (TPSA) is 163 Å². The van der Waals surface area contributed by atoms with E-state index in [1.54, 1.807) is 49.3 Å². The number of nitrogens with zero attached hydrogens (tertiary/aromatic N) is 4. The van der Waals surface area contributed by atoms with Crippen molar-refractivity contribution in [3.05, 3.63) is 35.9 Å². The number of likely N-dealkylation sites (tertiary alicyclic amines) is 4. The summed E-state index contributed by atoms with van der Waals surface area (Å²) in [6.45, 7) is 21.0. The number of hydrogen-bond donors (Lipinski definition) is 1. The van der Waals surface area contributed by atoms with Gasteiger partial charge in [0, 0.05) is 39.3 Å². The van der Waals surface area contributed by atoms with E-state index in [2.05, 4.69) is 0 Å². The Labute approximate surface area is 352 Å². The average molecular weight is 839 g/mol. The van der Waals surface area contributed by atoms with Crippen LogP contribution in [-0.2, 0) is 40.0 Å². The third-order valence-electron chi connectivity index (χ3n) is 10.8. The summed E-state index contributed by atoms with van der Waals surface area (Å²) in [7, 11) is 0. The number of esters is 1. The van der Waals surface area contributed by atoms with Crippen molar-refractivity contribution in [2.45, 2.75) is 125 Å². The second kappa shape index (κ2) is 19.4. The maximum Gasteiger partial charge on any atom is 0.410 e. The highest BCUT2D eigenvalue weighted by Crippen LogP contribution is 2.44. The lowest BCUT2D eigenvalue weighted by molar-refractivity contribution is -0.158. The molecule has 4 aliphatic heterocycles. The van der Waals surface area contributed by atoms with E-state index >= 15 is 0 Å². The molecule has 0 aliphatic carbocycles. The largest absolute Gasteiger partial charge is 0.480 e. The van der Waals surface area contributed by atoms with Gasteiger partial charge in [-0.3, -0.25) is 9.59 Å². The molecule has 4 fully saturated rings. The van der Waals surface area contributed by atoms with E-state index in [-0.39, 0.29) is 63.2 Å². The second-order valence-corrected chi connectivity index (χ2v) is 18.2. The van der Waals surface area contributed by atoms with Gasteiger partial charge < -0.3 is 38.9 Å². The summed E-state index contributed by atoms with van der Waals surface area (Å²) in [5.74, 6) is -1.80. The van der Waals surface area contributed by atoms with E-state index in [9.17, 15) is 33.9 Å². The molecule has 1 N–H and O–H groups in total. The summed E-state index contributed by atoms with van der Waals surface area (Å²) in [4.78, 5) is 81.8. The number of carboxylic acid groups (broad SMARTS) is 1. The minimum absolute atomic E-state index is 0. The van der Waals surface area contributed by atoms with Gasteiger partial charge in [-0.05, 0) is 84.6 Å². The SMILES string of the molecule is CC(C)[C@@H](C(=O)O)N1CC[C@@]2(CCN(C(=O)OC(C)(C)C)C2)C1=O.CC(C)[C@@H](C(=O)OCc1ccccc1)N1CC[C@@]2(CCN(C(=O)OC(C)(C)C)C2)C1=O.S.S. The van der Waals surface area contributed by atoms with Gasteiger partial charge in [-0.25, -0.2) is 19.2 Å². The first-order valence-corrected chi connectivity index (χ1v) is 19.5. The van der Waals surface area contributed by atoms with Crippen molar-refractivity contribution in [3.63, 3.8) is 0 Å². The molecule has 4 atom stereocenters. The van der Waals surface area contributed by atoms with Gasteiger partial charge in [-0.1, -0.05) is 58.0 Å². The molecule has 0 bridgehead atoms. The third-order valence-corrected chi connectivity index (χ3v) is 10.8. The number of aliphatic carboxylic acids is 1. The van der Waals surface area contributed by atoms with Crippen molar-refractivity contribution in [1.29, 1.82) is 0 Å². The fourth-order valence-electron chi connectivity index (χ4n) is 8.04. The maximum absolute atomic E-state index is 13.4. The number of ether oxygens (including phenoxy) is 3. The van der Waals surface area contributed by atoms with Crippen molar-refractivity contribution in [1.82, 2.24) is 19.6 Å². The van der Waals surface area contributed by atoms with Crippen LogP contribution < -0.4 is 0 Å². The summed E-state index contributed by atoms with van der Waals surface area (Å²) in [5, 5.41) is 9.44. The first-order chi connectivity index (χ1) is 25.5. The van der Waals surface area contributed by atoms with Crippen LogP contribution in [0.1, 0.15) is 100 Å². The van der Waals surface area contributed by atoms with Crippen LogP contribution in [0.5, 0.6) is 0 Å². The number of carboxylic acids is 1.